The van der Waals surface area contributed by atoms with Crippen LogP contribution in [-0.4, -0.2) is 31.0 Å². The second-order valence-electron chi connectivity index (χ2n) is 2.98. The van der Waals surface area contributed by atoms with E-state index in [1.807, 2.05) is 6.08 Å². The van der Waals surface area contributed by atoms with Gasteiger partial charge in [0.1, 0.15) is 0 Å². The largest absolute Gasteiger partial charge is 0.351 e. The Bertz CT molecular complexity index is 338. The van der Waals surface area contributed by atoms with Crippen molar-refractivity contribution in [3.63, 3.8) is 0 Å². The quantitative estimate of drug-likeness (QED) is 0.521. The molecule has 4 nitrogen and oxygen atoms in total. The second-order valence-corrected chi connectivity index (χ2v) is 5.13. The monoisotopic (exact) mass is 322 g/mol. The van der Waals surface area contributed by atoms with Crippen LogP contribution in [0.1, 0.15) is 0 Å². The van der Waals surface area contributed by atoms with Crippen LogP contribution in [0.2, 0.25) is 0 Å². The highest BCUT2D eigenvalue weighted by molar-refractivity contribution is 14.1. The first-order chi connectivity index (χ1) is 6.85. The Kier molecular flexibility index (Phi) is 3.32. The molecule has 76 valence electrons. The smallest absolute Gasteiger partial charge is 0.225 e. The van der Waals surface area contributed by atoms with Crippen LogP contribution in [-0.2, 0) is 6.54 Å². The molecule has 1 aliphatic heterocycles. The van der Waals surface area contributed by atoms with Crippen LogP contribution in [0.3, 0.4) is 0 Å². The topological polar surface area (TPSA) is 42.7 Å². The van der Waals surface area contributed by atoms with Gasteiger partial charge in [0, 0.05) is 22.8 Å². The Morgan fingerprint density at radius 2 is 2.57 bits per heavy atom. The molecule has 2 heterocycles. The maximum Gasteiger partial charge on any atom is 0.225 e. The number of anilines is 1. The van der Waals surface area contributed by atoms with E-state index in [2.05, 4.69) is 49.3 Å². The molecule has 0 radical (unpaired) electrons. The molecule has 1 aromatic heterocycles. The van der Waals surface area contributed by atoms with Gasteiger partial charge in [-0.05, 0) is 0 Å². The fourth-order valence-electron chi connectivity index (χ4n) is 1.30. The lowest BCUT2D eigenvalue weighted by molar-refractivity contribution is 0.679. The zero-order chi connectivity index (χ0) is 9.97. The Labute approximate surface area is 101 Å². The average molecular weight is 322 g/mol. The lowest BCUT2D eigenvalue weighted by atomic mass is 10.5. The Morgan fingerprint density at radius 3 is 3.29 bits per heavy atom. The normalized spacial score (nSPS) is 19.4. The maximum absolute atomic E-state index is 4.12. The number of thioether (sulfide) groups is 1. The predicted molar refractivity (Wildman–Crippen MR) is 67.2 cm³/mol. The van der Waals surface area contributed by atoms with Gasteiger partial charge in [-0.1, -0.05) is 40.4 Å². The number of aromatic nitrogens is 3. The molecule has 1 aromatic rings. The molecule has 14 heavy (non-hydrogen) atoms. The average Bonchev–Trinajstić information content (AvgIpc) is 2.74. The Morgan fingerprint density at radius 1 is 1.71 bits per heavy atom. The highest BCUT2D eigenvalue weighted by atomic mass is 127. The molecule has 0 saturated heterocycles. The fraction of sp³-hybridized carbons (Fsp3) is 0.500. The highest BCUT2D eigenvalue weighted by Gasteiger charge is 2.25. The summed E-state index contributed by atoms with van der Waals surface area (Å²) in [6, 6.07) is 0. The summed E-state index contributed by atoms with van der Waals surface area (Å²) in [4.78, 5) is 0. The first-order valence-corrected chi connectivity index (χ1v) is 6.76. The van der Waals surface area contributed by atoms with Gasteiger partial charge in [0.2, 0.25) is 5.95 Å². The molecule has 0 amide bonds. The van der Waals surface area contributed by atoms with E-state index in [-0.39, 0.29) is 0 Å². The number of alkyl halides is 1. The molecule has 1 atom stereocenters. The van der Waals surface area contributed by atoms with Crippen LogP contribution in [0, 0.1) is 0 Å². The first-order valence-electron chi connectivity index (χ1n) is 4.35. The van der Waals surface area contributed by atoms with Gasteiger partial charge >= 0.3 is 0 Å². The van der Waals surface area contributed by atoms with Crippen LogP contribution in [0.15, 0.2) is 17.8 Å². The third-order valence-corrected chi connectivity index (χ3v) is 4.77. The minimum atomic E-state index is 0.644. The summed E-state index contributed by atoms with van der Waals surface area (Å²) in [6.07, 6.45) is 1.82. The summed E-state index contributed by atoms with van der Waals surface area (Å²) in [6.45, 7) is 5.40. The fourth-order valence-corrected chi connectivity index (χ4v) is 3.08. The summed E-state index contributed by atoms with van der Waals surface area (Å²) in [5.41, 5.74) is 0. The van der Waals surface area contributed by atoms with E-state index in [4.69, 9.17) is 0 Å². The molecule has 1 N–H and O–H groups in total. The molecule has 0 saturated carbocycles. The van der Waals surface area contributed by atoms with Crippen molar-refractivity contribution in [3.05, 3.63) is 12.7 Å². The van der Waals surface area contributed by atoms with Crippen LogP contribution < -0.4 is 5.32 Å². The van der Waals surface area contributed by atoms with Crippen molar-refractivity contribution in [1.29, 1.82) is 0 Å². The first kappa shape index (κ1) is 10.3. The summed E-state index contributed by atoms with van der Waals surface area (Å²) in [7, 11) is 0. The molecule has 0 unspecified atom stereocenters. The van der Waals surface area contributed by atoms with E-state index < -0.39 is 0 Å². The third kappa shape index (κ3) is 1.90. The number of hydrogen-bond acceptors (Lipinski definition) is 4. The van der Waals surface area contributed by atoms with Crippen LogP contribution in [0.4, 0.5) is 5.95 Å². The third-order valence-electron chi connectivity index (χ3n) is 1.95. The summed E-state index contributed by atoms with van der Waals surface area (Å²) in [5, 5.41) is 13.0. The zero-order valence-electron chi connectivity index (χ0n) is 7.61. The number of rotatable bonds is 4. The van der Waals surface area contributed by atoms with Crippen molar-refractivity contribution in [2.45, 2.75) is 17.0 Å². The number of hydrogen-bond donors (Lipinski definition) is 1. The lowest BCUT2D eigenvalue weighted by Gasteiger charge is -2.05. The van der Waals surface area contributed by atoms with Gasteiger partial charge < -0.3 is 5.32 Å². The molecule has 0 aliphatic carbocycles. The SMILES string of the molecule is C=CCNc1nnc2n1C[C@@H](CI)S2. The molecule has 0 spiro atoms. The van der Waals surface area contributed by atoms with Gasteiger partial charge in [-0.3, -0.25) is 4.57 Å². The van der Waals surface area contributed by atoms with Gasteiger partial charge in [0.05, 0.1) is 0 Å². The van der Waals surface area contributed by atoms with Crippen LogP contribution in [0.25, 0.3) is 0 Å². The molecule has 6 heteroatoms. The van der Waals surface area contributed by atoms with Gasteiger partial charge in [0.15, 0.2) is 5.16 Å². The molecular formula is C8H11IN4S. The van der Waals surface area contributed by atoms with Crippen molar-refractivity contribution < 1.29 is 0 Å². The van der Waals surface area contributed by atoms with Gasteiger partial charge in [-0.2, -0.15) is 0 Å². The summed E-state index contributed by atoms with van der Waals surface area (Å²) >= 11 is 4.21. The Balaban J connectivity index is 2.10. The van der Waals surface area contributed by atoms with Crippen molar-refractivity contribution in [2.24, 2.45) is 0 Å². The van der Waals surface area contributed by atoms with Crippen LogP contribution in [0.5, 0.6) is 0 Å². The molecular weight excluding hydrogens is 311 g/mol. The molecule has 1 aliphatic rings. The van der Waals surface area contributed by atoms with Crippen molar-refractivity contribution in [1.82, 2.24) is 14.8 Å². The minimum absolute atomic E-state index is 0.644. The van der Waals surface area contributed by atoms with Gasteiger partial charge in [-0.15, -0.1) is 16.8 Å². The number of nitrogens with one attached hydrogen (secondary N) is 1. The van der Waals surface area contributed by atoms with Crippen molar-refractivity contribution in [2.75, 3.05) is 16.3 Å². The van der Waals surface area contributed by atoms with E-state index >= 15 is 0 Å². The standard InChI is InChI=1S/C8H11IN4S/c1-2-3-10-7-11-12-8-13(7)5-6(4-9)14-8/h2,6H,1,3-5H2,(H,10,11)/t6-/m1/s1. The molecule has 0 fully saturated rings. The molecule has 2 rings (SSSR count). The van der Waals surface area contributed by atoms with E-state index in [0.29, 0.717) is 5.25 Å². The van der Waals surface area contributed by atoms with E-state index in [0.717, 1.165) is 28.6 Å². The van der Waals surface area contributed by atoms with Crippen LogP contribution >= 0.6 is 34.4 Å². The van der Waals surface area contributed by atoms with Gasteiger partial charge in [-0.25, -0.2) is 0 Å². The highest BCUT2D eigenvalue weighted by Crippen LogP contribution is 2.33. The van der Waals surface area contributed by atoms with E-state index in [9.17, 15) is 0 Å². The van der Waals surface area contributed by atoms with E-state index in [1.165, 1.54) is 0 Å². The van der Waals surface area contributed by atoms with E-state index in [1.54, 1.807) is 11.8 Å². The maximum atomic E-state index is 4.12. The van der Waals surface area contributed by atoms with Crippen molar-refractivity contribution in [3.8, 4) is 0 Å². The number of halogens is 1. The second kappa shape index (κ2) is 4.52. The predicted octanol–water partition coefficient (Wildman–Crippen LogP) is 1.79. The summed E-state index contributed by atoms with van der Waals surface area (Å²) in [5.74, 6) is 0.861. The summed E-state index contributed by atoms with van der Waals surface area (Å²) < 4.78 is 3.28. The lowest BCUT2D eigenvalue weighted by Crippen LogP contribution is -2.11. The number of fused-ring (bicyclic) bond motifs is 1. The molecule has 0 aromatic carbocycles. The van der Waals surface area contributed by atoms with Crippen molar-refractivity contribution >= 4 is 40.3 Å². The van der Waals surface area contributed by atoms with Gasteiger partial charge in [0.25, 0.3) is 0 Å². The zero-order valence-corrected chi connectivity index (χ0v) is 10.6. The minimum Gasteiger partial charge on any atom is -0.351 e. The Hall–Kier alpha value is -0.240. The molecule has 0 bridgehead atoms. The number of nitrogens with zero attached hydrogens (tertiary/aromatic N) is 3.